The monoisotopic (exact) mass is 256 g/mol. The van der Waals surface area contributed by atoms with Crippen LogP contribution in [0, 0.1) is 0 Å². The van der Waals surface area contributed by atoms with Crippen LogP contribution in [0.1, 0.15) is 53.4 Å². The molecule has 0 aromatic carbocycles. The lowest BCUT2D eigenvalue weighted by molar-refractivity contribution is -0.133. The molecule has 1 amide bonds. The maximum Gasteiger partial charge on any atom is 0.241 e. The van der Waals surface area contributed by atoms with Gasteiger partial charge < -0.3 is 9.64 Å². The Morgan fingerprint density at radius 3 is 2.67 bits per heavy atom. The Morgan fingerprint density at radius 1 is 1.39 bits per heavy atom. The van der Waals surface area contributed by atoms with E-state index in [9.17, 15) is 4.79 Å². The molecule has 0 aromatic rings. The summed E-state index contributed by atoms with van der Waals surface area (Å²) in [6.45, 7) is 9.66. The smallest absolute Gasteiger partial charge is 0.241 e. The van der Waals surface area contributed by atoms with Crippen LogP contribution >= 0.6 is 0 Å². The molecule has 1 heterocycles. The molecule has 0 spiro atoms. The molecule has 3 atom stereocenters. The molecule has 18 heavy (non-hydrogen) atoms. The summed E-state index contributed by atoms with van der Waals surface area (Å²) in [4.78, 5) is 14.4. The minimum absolute atomic E-state index is 0.0129. The molecule has 1 rings (SSSR count). The third-order valence-corrected chi connectivity index (χ3v) is 3.55. The predicted octanol–water partition coefficient (Wildman–Crippen LogP) is 2.14. The molecule has 0 aliphatic carbocycles. The number of ether oxygens (including phenoxy) is 1. The van der Waals surface area contributed by atoms with Crippen LogP contribution in [-0.2, 0) is 9.53 Å². The first-order chi connectivity index (χ1) is 8.65. The van der Waals surface area contributed by atoms with Gasteiger partial charge in [-0.1, -0.05) is 26.7 Å². The van der Waals surface area contributed by atoms with E-state index in [2.05, 4.69) is 26.1 Å². The van der Waals surface area contributed by atoms with Gasteiger partial charge in [0.2, 0.25) is 5.91 Å². The van der Waals surface area contributed by atoms with Gasteiger partial charge >= 0.3 is 0 Å². The molecule has 0 aromatic heterocycles. The lowest BCUT2D eigenvalue weighted by Gasteiger charge is -2.29. The van der Waals surface area contributed by atoms with E-state index in [4.69, 9.17) is 4.74 Å². The van der Waals surface area contributed by atoms with E-state index < -0.39 is 0 Å². The molecule has 1 N–H and O–H groups in total. The largest absolute Gasteiger partial charge is 0.380 e. The summed E-state index contributed by atoms with van der Waals surface area (Å²) >= 11 is 0. The average Bonchev–Trinajstić information content (AvgIpc) is 2.70. The standard InChI is InChI=1S/C14H28N2O2/c1-5-8-9-12-14(17)16(13(6-2)15-12)11(4)10-18-7-3/h11-13,15H,5-10H2,1-4H3. The lowest BCUT2D eigenvalue weighted by Crippen LogP contribution is -2.45. The van der Waals surface area contributed by atoms with E-state index >= 15 is 0 Å². The SMILES string of the molecule is CCCCC1NC(CC)N(C(C)COCC)C1=O. The number of nitrogens with one attached hydrogen (secondary N) is 1. The van der Waals surface area contributed by atoms with E-state index in [0.29, 0.717) is 13.2 Å². The molecule has 0 saturated carbocycles. The van der Waals surface area contributed by atoms with Crippen LogP contribution in [0.3, 0.4) is 0 Å². The summed E-state index contributed by atoms with van der Waals surface area (Å²) in [5.74, 6) is 0.252. The zero-order valence-corrected chi connectivity index (χ0v) is 12.2. The molecular weight excluding hydrogens is 228 g/mol. The van der Waals surface area contributed by atoms with E-state index in [-0.39, 0.29) is 24.2 Å². The molecule has 0 bridgehead atoms. The Morgan fingerprint density at radius 2 is 2.11 bits per heavy atom. The molecular formula is C14H28N2O2. The number of hydrogen-bond acceptors (Lipinski definition) is 3. The van der Waals surface area contributed by atoms with Crippen molar-refractivity contribution in [2.24, 2.45) is 0 Å². The van der Waals surface area contributed by atoms with Gasteiger partial charge in [0.25, 0.3) is 0 Å². The summed E-state index contributed by atoms with van der Waals surface area (Å²) in [5.41, 5.74) is 0. The van der Waals surface area contributed by atoms with Crippen LogP contribution in [-0.4, -0.2) is 42.3 Å². The fraction of sp³-hybridized carbons (Fsp3) is 0.929. The maximum atomic E-state index is 12.4. The molecule has 106 valence electrons. The quantitative estimate of drug-likeness (QED) is 0.723. The number of carbonyl (C=O) groups is 1. The fourth-order valence-electron chi connectivity index (χ4n) is 2.54. The van der Waals surface area contributed by atoms with Crippen LogP contribution in [0.4, 0.5) is 0 Å². The van der Waals surface area contributed by atoms with Gasteiger partial charge in [-0.05, 0) is 26.7 Å². The van der Waals surface area contributed by atoms with Crippen LogP contribution in [0.15, 0.2) is 0 Å². The van der Waals surface area contributed by atoms with Crippen molar-refractivity contribution in [1.82, 2.24) is 10.2 Å². The summed E-state index contributed by atoms with van der Waals surface area (Å²) in [6.07, 6.45) is 4.31. The van der Waals surface area contributed by atoms with Crippen molar-refractivity contribution in [2.75, 3.05) is 13.2 Å². The third-order valence-electron chi connectivity index (χ3n) is 3.55. The van der Waals surface area contributed by atoms with Crippen LogP contribution in [0.5, 0.6) is 0 Å². The van der Waals surface area contributed by atoms with Crippen molar-refractivity contribution in [1.29, 1.82) is 0 Å². The van der Waals surface area contributed by atoms with Crippen molar-refractivity contribution >= 4 is 5.91 Å². The molecule has 4 nitrogen and oxygen atoms in total. The van der Waals surface area contributed by atoms with Gasteiger partial charge in [0.1, 0.15) is 0 Å². The van der Waals surface area contributed by atoms with Crippen molar-refractivity contribution in [3.63, 3.8) is 0 Å². The first-order valence-corrected chi connectivity index (χ1v) is 7.31. The predicted molar refractivity (Wildman–Crippen MR) is 73.3 cm³/mol. The zero-order valence-electron chi connectivity index (χ0n) is 12.2. The Balaban J connectivity index is 2.60. The van der Waals surface area contributed by atoms with Crippen molar-refractivity contribution in [3.05, 3.63) is 0 Å². The second-order valence-corrected chi connectivity index (χ2v) is 5.04. The summed E-state index contributed by atoms with van der Waals surface area (Å²) in [6, 6.07) is 0.167. The molecule has 1 aliphatic heterocycles. The first-order valence-electron chi connectivity index (χ1n) is 7.31. The molecule has 0 radical (unpaired) electrons. The second kappa shape index (κ2) is 7.74. The van der Waals surface area contributed by atoms with Gasteiger partial charge in [-0.3, -0.25) is 10.1 Å². The molecule has 1 fully saturated rings. The van der Waals surface area contributed by atoms with Crippen molar-refractivity contribution in [3.8, 4) is 0 Å². The van der Waals surface area contributed by atoms with Crippen LogP contribution < -0.4 is 5.32 Å². The zero-order chi connectivity index (χ0) is 13.5. The topological polar surface area (TPSA) is 41.6 Å². The minimum atomic E-state index is 0.0129. The highest BCUT2D eigenvalue weighted by molar-refractivity contribution is 5.84. The van der Waals surface area contributed by atoms with Gasteiger partial charge in [0.15, 0.2) is 0 Å². The minimum Gasteiger partial charge on any atom is -0.380 e. The van der Waals surface area contributed by atoms with Crippen molar-refractivity contribution in [2.45, 2.75) is 71.6 Å². The fourth-order valence-corrected chi connectivity index (χ4v) is 2.54. The Kier molecular flexibility index (Phi) is 6.65. The molecule has 1 aliphatic rings. The van der Waals surface area contributed by atoms with Gasteiger partial charge in [0.05, 0.1) is 24.9 Å². The first kappa shape index (κ1) is 15.4. The van der Waals surface area contributed by atoms with E-state index in [1.807, 2.05) is 11.8 Å². The number of rotatable bonds is 8. The molecule has 3 unspecified atom stereocenters. The number of amides is 1. The Bertz CT molecular complexity index is 258. The summed E-state index contributed by atoms with van der Waals surface area (Å²) in [7, 11) is 0. The average molecular weight is 256 g/mol. The van der Waals surface area contributed by atoms with Crippen LogP contribution in [0.2, 0.25) is 0 Å². The normalized spacial score (nSPS) is 25.8. The number of unbranched alkanes of at least 4 members (excludes halogenated alkanes) is 1. The lowest BCUT2D eigenvalue weighted by atomic mass is 10.1. The highest BCUT2D eigenvalue weighted by Gasteiger charge is 2.39. The van der Waals surface area contributed by atoms with E-state index in [0.717, 1.165) is 25.7 Å². The van der Waals surface area contributed by atoms with Gasteiger partial charge in [0, 0.05) is 6.61 Å². The Labute approximate surface area is 111 Å². The number of hydrogen-bond donors (Lipinski definition) is 1. The molecule has 4 heteroatoms. The van der Waals surface area contributed by atoms with Gasteiger partial charge in [-0.2, -0.15) is 0 Å². The van der Waals surface area contributed by atoms with Gasteiger partial charge in [-0.15, -0.1) is 0 Å². The molecule has 1 saturated heterocycles. The maximum absolute atomic E-state index is 12.4. The second-order valence-electron chi connectivity index (χ2n) is 5.04. The number of carbonyl (C=O) groups excluding carboxylic acids is 1. The van der Waals surface area contributed by atoms with E-state index in [1.54, 1.807) is 0 Å². The van der Waals surface area contributed by atoms with E-state index in [1.165, 1.54) is 0 Å². The summed E-state index contributed by atoms with van der Waals surface area (Å²) in [5, 5.41) is 3.45. The van der Waals surface area contributed by atoms with Gasteiger partial charge in [-0.25, -0.2) is 0 Å². The number of nitrogens with zero attached hydrogens (tertiary/aromatic N) is 1. The highest BCUT2D eigenvalue weighted by atomic mass is 16.5. The Hall–Kier alpha value is -0.610. The van der Waals surface area contributed by atoms with Crippen molar-refractivity contribution < 1.29 is 9.53 Å². The third kappa shape index (κ3) is 3.69. The highest BCUT2D eigenvalue weighted by Crippen LogP contribution is 2.20. The van der Waals surface area contributed by atoms with Crippen LogP contribution in [0.25, 0.3) is 0 Å². The summed E-state index contributed by atoms with van der Waals surface area (Å²) < 4.78 is 5.44.